The molecule has 0 aliphatic rings. The van der Waals surface area contributed by atoms with Crippen LogP contribution >= 0.6 is 0 Å². The largest absolute Gasteiger partial charge is 0.355 e. The first-order chi connectivity index (χ1) is 5.85. The molecule has 0 aromatic heterocycles. The third-order valence-electron chi connectivity index (χ3n) is 1.35. The number of nitrogens with one attached hydrogen (secondary N) is 2. The highest BCUT2D eigenvalue weighted by atomic mass is 16.6. The molecule has 5 nitrogen and oxygen atoms in total. The minimum Gasteiger partial charge on any atom is -0.355 e. The van der Waals surface area contributed by atoms with Gasteiger partial charge in [-0.05, 0) is 19.4 Å². The van der Waals surface area contributed by atoms with Gasteiger partial charge in [0, 0.05) is 13.6 Å². The van der Waals surface area contributed by atoms with Gasteiger partial charge in [-0.15, -0.1) is 0 Å². The summed E-state index contributed by atoms with van der Waals surface area (Å²) < 4.78 is 0. The summed E-state index contributed by atoms with van der Waals surface area (Å²) in [5.41, 5.74) is 7.96. The van der Waals surface area contributed by atoms with Gasteiger partial charge in [0.25, 0.3) is 0 Å². The Hall–Kier alpha value is -0.810. The predicted molar refractivity (Wildman–Crippen MR) is 49.8 cm³/mol. The van der Waals surface area contributed by atoms with Crippen LogP contribution < -0.4 is 16.5 Å². The Morgan fingerprint density at radius 2 is 2.25 bits per heavy atom. The van der Waals surface area contributed by atoms with Gasteiger partial charge in [-0.1, -0.05) is 0 Å². The second-order valence-electron chi connectivity index (χ2n) is 2.30. The van der Waals surface area contributed by atoms with E-state index in [9.17, 15) is 0 Å². The highest BCUT2D eigenvalue weighted by Crippen LogP contribution is 1.81. The molecule has 0 aromatic rings. The summed E-state index contributed by atoms with van der Waals surface area (Å²) >= 11 is 0. The molecule has 0 spiro atoms. The van der Waals surface area contributed by atoms with Crippen molar-refractivity contribution in [1.29, 1.82) is 0 Å². The Bertz CT molecular complexity index is 127. The lowest BCUT2D eigenvalue weighted by Gasteiger charge is -2.08. The van der Waals surface area contributed by atoms with Gasteiger partial charge in [-0.25, -0.2) is 5.48 Å². The van der Waals surface area contributed by atoms with E-state index in [1.54, 1.807) is 14.2 Å². The van der Waals surface area contributed by atoms with E-state index in [1.165, 1.54) is 0 Å². The third kappa shape index (κ3) is 5.94. The van der Waals surface area contributed by atoms with Crippen LogP contribution in [0.4, 0.5) is 0 Å². The molecular formula is C7H18N4O. The quantitative estimate of drug-likeness (QED) is 0.226. The van der Waals surface area contributed by atoms with Gasteiger partial charge in [0.2, 0.25) is 5.96 Å². The summed E-state index contributed by atoms with van der Waals surface area (Å²) in [5.74, 6) is 0.648. The molecule has 0 aliphatic carbocycles. The molecule has 0 fully saturated rings. The molecule has 0 aliphatic heterocycles. The monoisotopic (exact) mass is 174 g/mol. The van der Waals surface area contributed by atoms with Crippen LogP contribution in [0.5, 0.6) is 0 Å². The number of hydroxylamine groups is 1. The lowest BCUT2D eigenvalue weighted by molar-refractivity contribution is 0.141. The summed E-state index contributed by atoms with van der Waals surface area (Å²) in [6, 6.07) is 0. The topological polar surface area (TPSA) is 71.7 Å². The fourth-order valence-corrected chi connectivity index (χ4v) is 0.734. The van der Waals surface area contributed by atoms with Crippen molar-refractivity contribution >= 4 is 5.96 Å². The molecule has 72 valence electrons. The zero-order valence-corrected chi connectivity index (χ0v) is 7.76. The molecule has 0 unspecified atom stereocenters. The number of nitrogens with two attached hydrogens (primary N) is 1. The molecule has 0 saturated carbocycles. The van der Waals surface area contributed by atoms with Crippen LogP contribution in [0.1, 0.15) is 12.8 Å². The summed E-state index contributed by atoms with van der Waals surface area (Å²) in [6.45, 7) is 1.60. The lowest BCUT2D eigenvalue weighted by atomic mass is 10.3. The van der Waals surface area contributed by atoms with Crippen LogP contribution in [-0.2, 0) is 4.84 Å². The van der Waals surface area contributed by atoms with Crippen LogP contribution in [0, 0.1) is 0 Å². The Morgan fingerprint density at radius 1 is 1.50 bits per heavy atom. The molecule has 0 radical (unpaired) electrons. The zero-order valence-electron chi connectivity index (χ0n) is 7.76. The van der Waals surface area contributed by atoms with E-state index in [0.29, 0.717) is 5.96 Å². The first-order valence-electron chi connectivity index (χ1n) is 4.04. The van der Waals surface area contributed by atoms with Crippen molar-refractivity contribution in [3.8, 4) is 0 Å². The maximum Gasteiger partial charge on any atom is 0.215 e. The van der Waals surface area contributed by atoms with Gasteiger partial charge in [-0.2, -0.15) is 0 Å². The molecular weight excluding hydrogens is 156 g/mol. The first kappa shape index (κ1) is 11.2. The van der Waals surface area contributed by atoms with E-state index in [1.807, 2.05) is 0 Å². The SMILES string of the molecule is CN=C(NCCCCN)NOC. The maximum absolute atomic E-state index is 5.34. The Balaban J connectivity index is 3.33. The van der Waals surface area contributed by atoms with Crippen molar-refractivity contribution < 1.29 is 4.84 Å². The van der Waals surface area contributed by atoms with Crippen molar-refractivity contribution in [2.75, 3.05) is 27.2 Å². The van der Waals surface area contributed by atoms with Gasteiger partial charge in [0.1, 0.15) is 0 Å². The average molecular weight is 174 g/mol. The highest BCUT2D eigenvalue weighted by Gasteiger charge is 1.93. The highest BCUT2D eigenvalue weighted by molar-refractivity contribution is 5.78. The summed E-state index contributed by atoms with van der Waals surface area (Å²) in [7, 11) is 3.24. The smallest absolute Gasteiger partial charge is 0.215 e. The van der Waals surface area contributed by atoms with E-state index in [2.05, 4.69) is 20.6 Å². The standard InChI is InChI=1S/C7H18N4O/c1-9-7(11-12-2)10-6-4-3-5-8/h3-6,8H2,1-2H3,(H2,9,10,11). The molecule has 5 heteroatoms. The summed E-state index contributed by atoms with van der Waals surface area (Å²) in [5, 5.41) is 3.06. The normalized spacial score (nSPS) is 11.4. The maximum atomic E-state index is 5.34. The van der Waals surface area contributed by atoms with Gasteiger partial charge in [-0.3, -0.25) is 9.83 Å². The lowest BCUT2D eigenvalue weighted by Crippen LogP contribution is -2.37. The summed E-state index contributed by atoms with van der Waals surface area (Å²) in [6.07, 6.45) is 2.07. The molecule has 0 atom stereocenters. The molecule has 0 amide bonds. The van der Waals surface area contributed by atoms with Crippen LogP contribution in [0.15, 0.2) is 4.99 Å². The Labute approximate surface area is 73.3 Å². The van der Waals surface area contributed by atoms with E-state index < -0.39 is 0 Å². The molecule has 0 saturated heterocycles. The Morgan fingerprint density at radius 3 is 2.75 bits per heavy atom. The van der Waals surface area contributed by atoms with Crippen LogP contribution in [0.25, 0.3) is 0 Å². The van der Waals surface area contributed by atoms with Gasteiger partial charge >= 0.3 is 0 Å². The van der Waals surface area contributed by atoms with E-state index in [4.69, 9.17) is 5.73 Å². The minimum atomic E-state index is 0.648. The van der Waals surface area contributed by atoms with E-state index in [0.717, 1.165) is 25.9 Å². The third-order valence-corrected chi connectivity index (χ3v) is 1.35. The zero-order chi connectivity index (χ0) is 9.23. The van der Waals surface area contributed by atoms with Crippen LogP contribution in [0.2, 0.25) is 0 Å². The van der Waals surface area contributed by atoms with Crippen molar-refractivity contribution in [2.45, 2.75) is 12.8 Å². The van der Waals surface area contributed by atoms with Crippen molar-refractivity contribution in [3.05, 3.63) is 0 Å². The van der Waals surface area contributed by atoms with E-state index in [-0.39, 0.29) is 0 Å². The molecule has 12 heavy (non-hydrogen) atoms. The average Bonchev–Trinajstić information content (AvgIpc) is 2.10. The molecule has 0 aromatic carbocycles. The number of nitrogens with zero attached hydrogens (tertiary/aromatic N) is 1. The summed E-state index contributed by atoms with van der Waals surface area (Å²) in [4.78, 5) is 8.60. The number of guanidine groups is 1. The van der Waals surface area contributed by atoms with Gasteiger partial charge in [0.15, 0.2) is 0 Å². The number of hydrogen-bond donors (Lipinski definition) is 3. The molecule has 0 heterocycles. The van der Waals surface area contributed by atoms with Crippen molar-refractivity contribution in [1.82, 2.24) is 10.8 Å². The predicted octanol–water partition coefficient (Wildman–Crippen LogP) is -0.548. The minimum absolute atomic E-state index is 0.648. The second kappa shape index (κ2) is 8.29. The second-order valence-corrected chi connectivity index (χ2v) is 2.30. The van der Waals surface area contributed by atoms with Gasteiger partial charge < -0.3 is 11.1 Å². The fourth-order valence-electron chi connectivity index (χ4n) is 0.734. The van der Waals surface area contributed by atoms with Crippen molar-refractivity contribution in [2.24, 2.45) is 10.7 Å². The molecule has 0 bridgehead atoms. The number of rotatable bonds is 5. The Kier molecular flexibility index (Phi) is 7.73. The van der Waals surface area contributed by atoms with Gasteiger partial charge in [0.05, 0.1) is 7.11 Å². The number of aliphatic imine (C=N–C) groups is 1. The fraction of sp³-hybridized carbons (Fsp3) is 0.857. The number of unbranched alkanes of at least 4 members (excludes halogenated alkanes) is 1. The molecule has 4 N–H and O–H groups in total. The molecule has 0 rings (SSSR count). The van der Waals surface area contributed by atoms with E-state index >= 15 is 0 Å². The van der Waals surface area contributed by atoms with Crippen molar-refractivity contribution in [3.63, 3.8) is 0 Å². The number of hydrogen-bond acceptors (Lipinski definition) is 3. The van der Waals surface area contributed by atoms with Crippen LogP contribution in [0.3, 0.4) is 0 Å². The first-order valence-corrected chi connectivity index (χ1v) is 4.04. The van der Waals surface area contributed by atoms with Crippen LogP contribution in [-0.4, -0.2) is 33.2 Å².